The predicted molar refractivity (Wildman–Crippen MR) is 144 cm³/mol. The molecule has 6 heteroatoms. The Kier molecular flexibility index (Phi) is 6.49. The highest BCUT2D eigenvalue weighted by Gasteiger charge is 2.24. The first kappa shape index (κ1) is 24.3. The van der Waals surface area contributed by atoms with Crippen LogP contribution in [0.3, 0.4) is 0 Å². The van der Waals surface area contributed by atoms with Gasteiger partial charge in [-0.3, -0.25) is 9.59 Å². The number of halogens is 1. The topological polar surface area (TPSA) is 62.6 Å². The lowest BCUT2D eigenvalue weighted by Gasteiger charge is -2.17. The molecular formula is C31H27FN2O3. The summed E-state index contributed by atoms with van der Waals surface area (Å²) >= 11 is 0. The molecule has 0 atom stereocenters. The quantitative estimate of drug-likeness (QED) is 0.339. The minimum Gasteiger partial charge on any atom is -0.455 e. The summed E-state index contributed by atoms with van der Waals surface area (Å²) in [5.74, 6) is -0.303. The smallest absolute Gasteiger partial charge is 0.255 e. The number of amides is 2. The molecular weight excluding hydrogens is 467 g/mol. The molecule has 3 aromatic carbocycles. The number of fused-ring (bicyclic) bond motifs is 1. The van der Waals surface area contributed by atoms with Gasteiger partial charge < -0.3 is 14.6 Å². The van der Waals surface area contributed by atoms with Crippen LogP contribution in [0.25, 0.3) is 33.4 Å². The maximum Gasteiger partial charge on any atom is 0.255 e. The highest BCUT2D eigenvalue weighted by molar-refractivity contribution is 6.11. The molecule has 1 aliphatic heterocycles. The number of allylic oxidation sites excluding steroid dienone is 1. The third-order valence-electron chi connectivity index (χ3n) is 6.68. The average molecular weight is 495 g/mol. The van der Waals surface area contributed by atoms with Crippen molar-refractivity contribution in [2.45, 2.75) is 13.8 Å². The normalized spacial score (nSPS) is 13.7. The number of carbonyl (C=O) groups excluding carboxylic acids is 2. The number of rotatable bonds is 5. The Bertz CT molecular complexity index is 1580. The molecule has 0 bridgehead atoms. The molecule has 0 saturated heterocycles. The van der Waals surface area contributed by atoms with Crippen molar-refractivity contribution in [1.82, 2.24) is 10.2 Å². The van der Waals surface area contributed by atoms with E-state index in [2.05, 4.69) is 18.3 Å². The number of furan rings is 1. The molecule has 0 unspecified atom stereocenters. The van der Waals surface area contributed by atoms with Crippen LogP contribution in [0.1, 0.15) is 34.6 Å². The van der Waals surface area contributed by atoms with Gasteiger partial charge in [0.1, 0.15) is 17.2 Å². The third-order valence-corrected chi connectivity index (χ3v) is 6.68. The summed E-state index contributed by atoms with van der Waals surface area (Å²) in [6, 6.07) is 19.0. The van der Waals surface area contributed by atoms with Gasteiger partial charge in [-0.2, -0.15) is 0 Å². The van der Waals surface area contributed by atoms with Crippen LogP contribution in [0.4, 0.5) is 4.39 Å². The number of hydrogen-bond acceptors (Lipinski definition) is 3. The van der Waals surface area contributed by atoms with E-state index in [1.165, 1.54) is 23.3 Å². The summed E-state index contributed by atoms with van der Waals surface area (Å²) in [6.45, 7) is 5.25. The molecule has 1 aromatic heterocycles. The van der Waals surface area contributed by atoms with Crippen molar-refractivity contribution in [3.8, 4) is 22.5 Å². The van der Waals surface area contributed by atoms with E-state index in [0.717, 1.165) is 11.1 Å². The zero-order chi connectivity index (χ0) is 26.1. The molecule has 2 heterocycles. The molecule has 0 aliphatic carbocycles. The van der Waals surface area contributed by atoms with Crippen molar-refractivity contribution in [1.29, 1.82) is 0 Å². The zero-order valence-corrected chi connectivity index (χ0v) is 21.0. The predicted octanol–water partition coefficient (Wildman–Crippen LogP) is 6.61. The monoisotopic (exact) mass is 494 g/mol. The minimum atomic E-state index is -0.365. The molecule has 0 saturated carbocycles. The first-order valence-corrected chi connectivity index (χ1v) is 12.1. The van der Waals surface area contributed by atoms with E-state index in [4.69, 9.17) is 4.42 Å². The fourth-order valence-corrected chi connectivity index (χ4v) is 4.77. The summed E-state index contributed by atoms with van der Waals surface area (Å²) in [5, 5.41) is 3.32. The Morgan fingerprint density at radius 3 is 2.43 bits per heavy atom. The Balaban J connectivity index is 1.52. The summed E-state index contributed by atoms with van der Waals surface area (Å²) in [7, 11) is 1.56. The molecule has 37 heavy (non-hydrogen) atoms. The van der Waals surface area contributed by atoms with Gasteiger partial charge in [-0.05, 0) is 84.7 Å². The van der Waals surface area contributed by atoms with E-state index in [1.54, 1.807) is 19.2 Å². The van der Waals surface area contributed by atoms with Crippen LogP contribution >= 0.6 is 0 Å². The van der Waals surface area contributed by atoms with E-state index in [0.29, 0.717) is 46.5 Å². The molecule has 1 aliphatic rings. The van der Waals surface area contributed by atoms with E-state index in [1.807, 2.05) is 60.4 Å². The van der Waals surface area contributed by atoms with Crippen LogP contribution in [0, 0.1) is 5.82 Å². The molecule has 4 aromatic rings. The number of nitrogens with zero attached hydrogens (tertiary/aromatic N) is 1. The van der Waals surface area contributed by atoms with Crippen LogP contribution in [0.15, 0.2) is 94.4 Å². The van der Waals surface area contributed by atoms with Gasteiger partial charge in [0.25, 0.3) is 11.8 Å². The first-order chi connectivity index (χ1) is 17.9. The Morgan fingerprint density at radius 1 is 0.973 bits per heavy atom. The molecule has 0 spiro atoms. The summed E-state index contributed by atoms with van der Waals surface area (Å²) in [5.41, 5.74) is 6.23. The standard InChI is InChI=1S/C31H27FN2O3/c1-4-6-24-18-34(17-19(24)2)31(36)23-8-5-7-21(15-23)22-11-14-27-26(16-22)28(30(35)33-3)29(37-27)20-9-12-25(32)13-10-20/h4-16H,17-18H2,1-3H3,(H,33,35). The highest BCUT2D eigenvalue weighted by Crippen LogP contribution is 2.36. The Morgan fingerprint density at radius 2 is 1.70 bits per heavy atom. The molecule has 1 N–H and O–H groups in total. The fourth-order valence-electron chi connectivity index (χ4n) is 4.77. The van der Waals surface area contributed by atoms with Crippen LogP contribution in [0.2, 0.25) is 0 Å². The largest absolute Gasteiger partial charge is 0.455 e. The Labute approximate surface area is 214 Å². The van der Waals surface area contributed by atoms with E-state index in [-0.39, 0.29) is 17.6 Å². The molecule has 5 nitrogen and oxygen atoms in total. The van der Waals surface area contributed by atoms with Crippen molar-refractivity contribution in [3.05, 3.63) is 107 Å². The highest BCUT2D eigenvalue weighted by atomic mass is 19.1. The second-order valence-electron chi connectivity index (χ2n) is 9.15. The van der Waals surface area contributed by atoms with Crippen LogP contribution < -0.4 is 5.32 Å². The van der Waals surface area contributed by atoms with Gasteiger partial charge in [-0.15, -0.1) is 0 Å². The maximum absolute atomic E-state index is 13.5. The van der Waals surface area contributed by atoms with Gasteiger partial charge in [0, 0.05) is 36.7 Å². The van der Waals surface area contributed by atoms with Crippen molar-refractivity contribution in [2.75, 3.05) is 20.1 Å². The SMILES string of the molecule is CC=CC1=C(C)CN(C(=O)c2cccc(-c3ccc4oc(-c5ccc(F)cc5)c(C(=O)NC)c4c3)c2)C1. The van der Waals surface area contributed by atoms with Crippen LogP contribution in [-0.2, 0) is 0 Å². The third kappa shape index (κ3) is 4.58. The lowest BCUT2D eigenvalue weighted by molar-refractivity contribution is 0.0796. The van der Waals surface area contributed by atoms with Gasteiger partial charge in [0.15, 0.2) is 0 Å². The Hall–Kier alpha value is -4.45. The second-order valence-corrected chi connectivity index (χ2v) is 9.15. The van der Waals surface area contributed by atoms with Gasteiger partial charge in [-0.25, -0.2) is 4.39 Å². The van der Waals surface area contributed by atoms with Crippen molar-refractivity contribution in [2.24, 2.45) is 0 Å². The fraction of sp³-hybridized carbons (Fsp3) is 0.161. The first-order valence-electron chi connectivity index (χ1n) is 12.1. The van der Waals surface area contributed by atoms with Gasteiger partial charge >= 0.3 is 0 Å². The molecule has 2 amide bonds. The molecule has 0 radical (unpaired) electrons. The second kappa shape index (κ2) is 9.90. The van der Waals surface area contributed by atoms with Crippen molar-refractivity contribution in [3.63, 3.8) is 0 Å². The molecule has 5 rings (SSSR count). The van der Waals surface area contributed by atoms with Crippen molar-refractivity contribution < 1.29 is 18.4 Å². The number of nitrogens with one attached hydrogen (secondary N) is 1. The number of hydrogen-bond donors (Lipinski definition) is 1. The van der Waals surface area contributed by atoms with Gasteiger partial charge in [-0.1, -0.05) is 30.4 Å². The summed E-state index contributed by atoms with van der Waals surface area (Å²) in [4.78, 5) is 28.0. The van der Waals surface area contributed by atoms with E-state index >= 15 is 0 Å². The van der Waals surface area contributed by atoms with Crippen molar-refractivity contribution >= 4 is 22.8 Å². The van der Waals surface area contributed by atoms with E-state index in [9.17, 15) is 14.0 Å². The van der Waals surface area contributed by atoms with Gasteiger partial charge in [0.05, 0.1) is 5.56 Å². The van der Waals surface area contributed by atoms with Crippen LogP contribution in [0.5, 0.6) is 0 Å². The lowest BCUT2D eigenvalue weighted by Crippen LogP contribution is -2.29. The zero-order valence-electron chi connectivity index (χ0n) is 21.0. The molecule has 0 fully saturated rings. The van der Waals surface area contributed by atoms with E-state index < -0.39 is 0 Å². The average Bonchev–Trinajstić information content (AvgIpc) is 3.48. The van der Waals surface area contributed by atoms with Crippen LogP contribution in [-0.4, -0.2) is 36.9 Å². The summed E-state index contributed by atoms with van der Waals surface area (Å²) < 4.78 is 19.5. The molecule has 186 valence electrons. The van der Waals surface area contributed by atoms with Gasteiger partial charge in [0.2, 0.25) is 0 Å². The lowest BCUT2D eigenvalue weighted by atomic mass is 9.98. The maximum atomic E-state index is 13.5. The minimum absolute atomic E-state index is 0.0188. The summed E-state index contributed by atoms with van der Waals surface area (Å²) in [6.07, 6.45) is 4.05. The number of carbonyl (C=O) groups is 2. The number of benzene rings is 3.